The van der Waals surface area contributed by atoms with Crippen LogP contribution in [0.2, 0.25) is 0 Å². The molecule has 0 aliphatic heterocycles. The van der Waals surface area contributed by atoms with E-state index < -0.39 is 0 Å². The van der Waals surface area contributed by atoms with Gasteiger partial charge in [0.1, 0.15) is 0 Å². The monoisotopic (exact) mass is 255 g/mol. The molecular weight excluding hydrogens is 238 g/mol. The molecule has 2 rings (SSSR count). The highest BCUT2D eigenvalue weighted by Crippen LogP contribution is 2.26. The van der Waals surface area contributed by atoms with Gasteiger partial charge in [-0.2, -0.15) is 0 Å². The van der Waals surface area contributed by atoms with E-state index in [1.54, 1.807) is 13.3 Å². The van der Waals surface area contributed by atoms with E-state index in [0.717, 1.165) is 23.9 Å². The number of aromatic nitrogens is 2. The summed E-state index contributed by atoms with van der Waals surface area (Å²) in [4.78, 5) is 9.65. The fourth-order valence-corrected chi connectivity index (χ4v) is 1.81. The SMILES string of the molecule is COc1nccc2[nH]cc(CCN(C)C)c12.Cl. The van der Waals surface area contributed by atoms with Crippen LogP contribution in [0, 0.1) is 0 Å². The first-order valence-corrected chi connectivity index (χ1v) is 5.36. The van der Waals surface area contributed by atoms with Crippen LogP contribution in [-0.2, 0) is 6.42 Å². The Morgan fingerprint density at radius 2 is 2.18 bits per heavy atom. The van der Waals surface area contributed by atoms with Crippen molar-refractivity contribution in [3.05, 3.63) is 24.0 Å². The van der Waals surface area contributed by atoms with E-state index in [1.165, 1.54) is 5.56 Å². The molecule has 0 aliphatic carbocycles. The normalized spacial score (nSPS) is 10.6. The quantitative estimate of drug-likeness (QED) is 0.910. The smallest absolute Gasteiger partial charge is 0.222 e. The lowest BCUT2D eigenvalue weighted by Crippen LogP contribution is -2.14. The van der Waals surface area contributed by atoms with Crippen molar-refractivity contribution in [2.24, 2.45) is 0 Å². The van der Waals surface area contributed by atoms with Crippen LogP contribution in [0.3, 0.4) is 0 Å². The largest absolute Gasteiger partial charge is 0.480 e. The van der Waals surface area contributed by atoms with Gasteiger partial charge in [0, 0.05) is 18.9 Å². The summed E-state index contributed by atoms with van der Waals surface area (Å²) in [6.07, 6.45) is 4.79. The summed E-state index contributed by atoms with van der Waals surface area (Å²) < 4.78 is 5.29. The average molecular weight is 256 g/mol. The zero-order chi connectivity index (χ0) is 11.5. The van der Waals surface area contributed by atoms with Crippen molar-refractivity contribution >= 4 is 23.3 Å². The van der Waals surface area contributed by atoms with Crippen molar-refractivity contribution in [3.63, 3.8) is 0 Å². The number of nitrogens with one attached hydrogen (secondary N) is 1. The molecule has 0 saturated heterocycles. The summed E-state index contributed by atoms with van der Waals surface area (Å²) in [5.74, 6) is 0.701. The van der Waals surface area contributed by atoms with Crippen molar-refractivity contribution in [2.75, 3.05) is 27.7 Å². The fraction of sp³-hybridized carbons (Fsp3) is 0.417. The van der Waals surface area contributed by atoms with Gasteiger partial charge in [0.2, 0.25) is 5.88 Å². The molecule has 2 heterocycles. The van der Waals surface area contributed by atoms with E-state index in [4.69, 9.17) is 4.74 Å². The Hall–Kier alpha value is -1.26. The molecule has 0 aromatic carbocycles. The first-order valence-electron chi connectivity index (χ1n) is 5.36. The van der Waals surface area contributed by atoms with E-state index >= 15 is 0 Å². The summed E-state index contributed by atoms with van der Waals surface area (Å²) in [6.45, 7) is 1.02. The summed E-state index contributed by atoms with van der Waals surface area (Å²) in [5.41, 5.74) is 2.34. The summed E-state index contributed by atoms with van der Waals surface area (Å²) in [5, 5.41) is 1.10. The van der Waals surface area contributed by atoms with E-state index in [9.17, 15) is 0 Å². The van der Waals surface area contributed by atoms with Gasteiger partial charge in [-0.15, -0.1) is 12.4 Å². The zero-order valence-electron chi connectivity index (χ0n) is 10.4. The van der Waals surface area contributed by atoms with Crippen LogP contribution < -0.4 is 4.74 Å². The number of fused-ring (bicyclic) bond motifs is 1. The predicted molar refractivity (Wildman–Crippen MR) is 72.2 cm³/mol. The van der Waals surface area contributed by atoms with Gasteiger partial charge in [-0.25, -0.2) is 4.98 Å². The molecule has 2 aromatic rings. The van der Waals surface area contributed by atoms with E-state index in [2.05, 4.69) is 29.0 Å². The third-order valence-electron chi connectivity index (χ3n) is 2.66. The minimum atomic E-state index is 0. The van der Waals surface area contributed by atoms with Gasteiger partial charge in [0.15, 0.2) is 0 Å². The molecule has 0 aliphatic rings. The molecule has 17 heavy (non-hydrogen) atoms. The third-order valence-corrected chi connectivity index (χ3v) is 2.66. The second kappa shape index (κ2) is 5.89. The maximum Gasteiger partial charge on any atom is 0.222 e. The number of pyridine rings is 1. The number of ether oxygens (including phenoxy) is 1. The van der Waals surface area contributed by atoms with Gasteiger partial charge in [0.05, 0.1) is 18.0 Å². The lowest BCUT2D eigenvalue weighted by Gasteiger charge is -2.09. The van der Waals surface area contributed by atoms with Crippen LogP contribution in [0.25, 0.3) is 10.9 Å². The highest BCUT2D eigenvalue weighted by Gasteiger charge is 2.09. The van der Waals surface area contributed by atoms with Crippen LogP contribution in [-0.4, -0.2) is 42.6 Å². The first kappa shape index (κ1) is 13.8. The molecule has 94 valence electrons. The fourth-order valence-electron chi connectivity index (χ4n) is 1.81. The second-order valence-corrected chi connectivity index (χ2v) is 4.11. The lowest BCUT2D eigenvalue weighted by atomic mass is 10.1. The number of nitrogens with zero attached hydrogens (tertiary/aromatic N) is 2. The Labute approximate surface area is 107 Å². The molecule has 0 radical (unpaired) electrons. The maximum absolute atomic E-state index is 5.29. The van der Waals surface area contributed by atoms with Crippen molar-refractivity contribution in [3.8, 4) is 5.88 Å². The molecule has 2 aromatic heterocycles. The van der Waals surface area contributed by atoms with Gasteiger partial charge in [-0.3, -0.25) is 0 Å². The van der Waals surface area contributed by atoms with Crippen molar-refractivity contribution in [1.29, 1.82) is 0 Å². The lowest BCUT2D eigenvalue weighted by molar-refractivity contribution is 0.401. The van der Waals surface area contributed by atoms with Gasteiger partial charge in [-0.05, 0) is 32.1 Å². The number of hydrogen-bond donors (Lipinski definition) is 1. The topological polar surface area (TPSA) is 41.1 Å². The van der Waals surface area contributed by atoms with Crippen LogP contribution in [0.5, 0.6) is 5.88 Å². The predicted octanol–water partition coefficient (Wildman–Crippen LogP) is 2.10. The Morgan fingerprint density at radius 3 is 2.82 bits per heavy atom. The second-order valence-electron chi connectivity index (χ2n) is 4.11. The summed E-state index contributed by atoms with van der Waals surface area (Å²) >= 11 is 0. The number of halogens is 1. The number of likely N-dealkylation sites (N-methyl/N-ethyl adjacent to an activating group) is 1. The summed E-state index contributed by atoms with van der Waals surface area (Å²) in [7, 11) is 5.80. The van der Waals surface area contributed by atoms with Crippen molar-refractivity contribution < 1.29 is 4.74 Å². The molecule has 0 unspecified atom stereocenters. The van der Waals surface area contributed by atoms with Crippen molar-refractivity contribution in [1.82, 2.24) is 14.9 Å². The average Bonchev–Trinajstić information content (AvgIpc) is 2.69. The molecule has 4 nitrogen and oxygen atoms in total. The highest BCUT2D eigenvalue weighted by atomic mass is 35.5. The summed E-state index contributed by atoms with van der Waals surface area (Å²) in [6, 6.07) is 1.97. The molecule has 0 saturated carbocycles. The Kier molecular flexibility index (Phi) is 4.78. The minimum absolute atomic E-state index is 0. The van der Waals surface area contributed by atoms with Gasteiger partial charge < -0.3 is 14.6 Å². The molecule has 0 atom stereocenters. The van der Waals surface area contributed by atoms with Crippen LogP contribution >= 0.6 is 12.4 Å². The third kappa shape index (κ3) is 2.90. The number of H-pyrrole nitrogens is 1. The van der Waals surface area contributed by atoms with Crippen LogP contribution in [0.15, 0.2) is 18.5 Å². The molecule has 0 amide bonds. The number of rotatable bonds is 4. The number of hydrogen-bond acceptors (Lipinski definition) is 3. The molecular formula is C12H18ClN3O. The minimum Gasteiger partial charge on any atom is -0.480 e. The first-order chi connectivity index (χ1) is 7.72. The standard InChI is InChI=1S/C12H17N3O.ClH/c1-15(2)7-5-9-8-14-10-4-6-13-12(16-3)11(9)10;/h4,6,8,14H,5,7H2,1-3H3;1H. The molecule has 5 heteroatoms. The number of methoxy groups -OCH3 is 1. The number of aromatic amines is 1. The molecule has 0 fully saturated rings. The Bertz CT molecular complexity index is 482. The maximum atomic E-state index is 5.29. The van der Waals surface area contributed by atoms with Crippen LogP contribution in [0.4, 0.5) is 0 Å². The van der Waals surface area contributed by atoms with Gasteiger partial charge in [0.25, 0.3) is 0 Å². The van der Waals surface area contributed by atoms with E-state index in [0.29, 0.717) is 5.88 Å². The molecule has 0 bridgehead atoms. The molecule has 1 N–H and O–H groups in total. The van der Waals surface area contributed by atoms with Crippen molar-refractivity contribution in [2.45, 2.75) is 6.42 Å². The Balaban J connectivity index is 0.00000144. The molecule has 0 spiro atoms. The highest BCUT2D eigenvalue weighted by molar-refractivity contribution is 5.87. The zero-order valence-corrected chi connectivity index (χ0v) is 11.2. The van der Waals surface area contributed by atoms with Gasteiger partial charge >= 0.3 is 0 Å². The van der Waals surface area contributed by atoms with Gasteiger partial charge in [-0.1, -0.05) is 0 Å². The van der Waals surface area contributed by atoms with E-state index in [1.807, 2.05) is 12.3 Å². The Morgan fingerprint density at radius 1 is 1.41 bits per heavy atom. The van der Waals surface area contributed by atoms with Crippen LogP contribution in [0.1, 0.15) is 5.56 Å². The van der Waals surface area contributed by atoms with E-state index in [-0.39, 0.29) is 12.4 Å².